The normalized spacial score (nSPS) is 10.3. The molecule has 1 amide bonds. The second kappa shape index (κ2) is 8.82. The number of halogens is 1. The van der Waals surface area contributed by atoms with Crippen molar-refractivity contribution in [2.24, 2.45) is 0 Å². The summed E-state index contributed by atoms with van der Waals surface area (Å²) < 4.78 is 5.59. The SMILES string of the molecule is CCc1nc(Br)cc(NCCC(=O)NCCOC)n1. The summed E-state index contributed by atoms with van der Waals surface area (Å²) in [6.45, 7) is 3.59. The number of carbonyl (C=O) groups excluding carboxylic acids is 1. The zero-order chi connectivity index (χ0) is 14.1. The topological polar surface area (TPSA) is 76.1 Å². The van der Waals surface area contributed by atoms with Crippen molar-refractivity contribution in [3.8, 4) is 0 Å². The first kappa shape index (κ1) is 15.8. The van der Waals surface area contributed by atoms with Crippen molar-refractivity contribution in [3.05, 3.63) is 16.5 Å². The minimum atomic E-state index is -0.00612. The van der Waals surface area contributed by atoms with E-state index in [9.17, 15) is 4.79 Å². The summed E-state index contributed by atoms with van der Waals surface area (Å²) in [5.41, 5.74) is 0. The van der Waals surface area contributed by atoms with Crippen LogP contribution in [0.4, 0.5) is 5.82 Å². The number of aryl methyl sites for hydroxylation is 1. The maximum Gasteiger partial charge on any atom is 0.221 e. The number of ether oxygens (including phenoxy) is 1. The van der Waals surface area contributed by atoms with E-state index in [1.165, 1.54) is 0 Å². The molecule has 0 saturated carbocycles. The number of hydrogen-bond acceptors (Lipinski definition) is 5. The molecule has 0 radical (unpaired) electrons. The summed E-state index contributed by atoms with van der Waals surface area (Å²) in [4.78, 5) is 20.0. The van der Waals surface area contributed by atoms with Gasteiger partial charge >= 0.3 is 0 Å². The number of nitrogens with zero attached hydrogens (tertiary/aromatic N) is 2. The Balaban J connectivity index is 2.32. The number of methoxy groups -OCH3 is 1. The van der Waals surface area contributed by atoms with E-state index in [1.807, 2.05) is 6.92 Å². The monoisotopic (exact) mass is 330 g/mol. The zero-order valence-corrected chi connectivity index (χ0v) is 12.8. The maximum atomic E-state index is 11.4. The second-order valence-corrected chi connectivity index (χ2v) is 4.68. The third kappa shape index (κ3) is 6.49. The van der Waals surface area contributed by atoms with E-state index in [2.05, 4.69) is 36.5 Å². The number of aromatic nitrogens is 2. The Hall–Kier alpha value is -1.21. The molecule has 0 atom stereocenters. The van der Waals surface area contributed by atoms with Gasteiger partial charge < -0.3 is 15.4 Å². The van der Waals surface area contributed by atoms with Crippen LogP contribution in [-0.2, 0) is 16.0 Å². The van der Waals surface area contributed by atoms with Crippen LogP contribution in [0.5, 0.6) is 0 Å². The highest BCUT2D eigenvalue weighted by molar-refractivity contribution is 9.10. The predicted octanol–water partition coefficient (Wildman–Crippen LogP) is 1.37. The quantitative estimate of drug-likeness (QED) is 0.556. The molecule has 19 heavy (non-hydrogen) atoms. The van der Waals surface area contributed by atoms with Gasteiger partial charge in [-0.05, 0) is 15.9 Å². The lowest BCUT2D eigenvalue weighted by molar-refractivity contribution is -0.121. The Labute approximate surface area is 121 Å². The molecular formula is C12H19BrN4O2. The van der Waals surface area contributed by atoms with Crippen molar-refractivity contribution in [2.45, 2.75) is 19.8 Å². The second-order valence-electron chi connectivity index (χ2n) is 3.87. The standard InChI is InChI=1S/C12H19BrN4O2/c1-3-10-16-9(13)8-11(17-10)14-5-4-12(18)15-6-7-19-2/h8H,3-7H2,1-2H3,(H,15,18)(H,14,16,17). The average molecular weight is 331 g/mol. The highest BCUT2D eigenvalue weighted by atomic mass is 79.9. The van der Waals surface area contributed by atoms with Gasteiger partial charge in [0.15, 0.2) is 0 Å². The van der Waals surface area contributed by atoms with Crippen LogP contribution in [0.3, 0.4) is 0 Å². The van der Waals surface area contributed by atoms with E-state index < -0.39 is 0 Å². The van der Waals surface area contributed by atoms with Gasteiger partial charge in [0.2, 0.25) is 5.91 Å². The van der Waals surface area contributed by atoms with Gasteiger partial charge in [-0.3, -0.25) is 4.79 Å². The molecule has 0 spiro atoms. The first-order chi connectivity index (χ1) is 9.15. The summed E-state index contributed by atoms with van der Waals surface area (Å²) in [5.74, 6) is 1.48. The Morgan fingerprint density at radius 1 is 1.42 bits per heavy atom. The largest absolute Gasteiger partial charge is 0.383 e. The number of nitrogens with one attached hydrogen (secondary N) is 2. The van der Waals surface area contributed by atoms with Gasteiger partial charge in [0.1, 0.15) is 16.2 Å². The molecule has 0 unspecified atom stereocenters. The molecule has 6 nitrogen and oxygen atoms in total. The van der Waals surface area contributed by atoms with Gasteiger partial charge in [-0.25, -0.2) is 9.97 Å². The van der Waals surface area contributed by atoms with E-state index in [1.54, 1.807) is 13.2 Å². The summed E-state index contributed by atoms with van der Waals surface area (Å²) in [5, 5.41) is 5.87. The van der Waals surface area contributed by atoms with Crippen LogP contribution in [0.15, 0.2) is 10.7 Å². The van der Waals surface area contributed by atoms with Gasteiger partial charge in [0.25, 0.3) is 0 Å². The van der Waals surface area contributed by atoms with E-state index in [-0.39, 0.29) is 5.91 Å². The molecule has 1 aromatic rings. The number of hydrogen-bond donors (Lipinski definition) is 2. The summed E-state index contributed by atoms with van der Waals surface area (Å²) in [6.07, 6.45) is 1.17. The van der Waals surface area contributed by atoms with Crippen LogP contribution in [-0.4, -0.2) is 42.7 Å². The molecule has 2 N–H and O–H groups in total. The molecule has 1 heterocycles. The third-order valence-electron chi connectivity index (χ3n) is 2.34. The average Bonchev–Trinajstić information content (AvgIpc) is 2.38. The molecule has 0 bridgehead atoms. The highest BCUT2D eigenvalue weighted by Crippen LogP contribution is 2.12. The summed E-state index contributed by atoms with van der Waals surface area (Å²) >= 11 is 3.33. The van der Waals surface area contributed by atoms with E-state index in [0.717, 1.165) is 22.7 Å². The number of anilines is 1. The first-order valence-electron chi connectivity index (χ1n) is 6.18. The molecule has 0 fully saturated rings. The molecular weight excluding hydrogens is 312 g/mol. The number of rotatable bonds is 8. The zero-order valence-electron chi connectivity index (χ0n) is 11.2. The van der Waals surface area contributed by atoms with E-state index >= 15 is 0 Å². The fourth-order valence-corrected chi connectivity index (χ4v) is 1.82. The third-order valence-corrected chi connectivity index (χ3v) is 2.75. The Morgan fingerprint density at radius 3 is 2.89 bits per heavy atom. The van der Waals surface area contributed by atoms with Gasteiger partial charge in [0.05, 0.1) is 6.61 Å². The van der Waals surface area contributed by atoms with Gasteiger partial charge in [0, 0.05) is 39.1 Å². The van der Waals surface area contributed by atoms with Crippen LogP contribution >= 0.6 is 15.9 Å². The Kier molecular flexibility index (Phi) is 7.35. The molecule has 106 valence electrons. The van der Waals surface area contributed by atoms with Crippen LogP contribution in [0.2, 0.25) is 0 Å². The highest BCUT2D eigenvalue weighted by Gasteiger charge is 2.03. The minimum Gasteiger partial charge on any atom is -0.383 e. The van der Waals surface area contributed by atoms with Crippen LogP contribution < -0.4 is 10.6 Å². The molecule has 0 aliphatic heterocycles. The molecule has 0 saturated heterocycles. The lowest BCUT2D eigenvalue weighted by atomic mass is 10.4. The van der Waals surface area contributed by atoms with Crippen LogP contribution in [0.25, 0.3) is 0 Å². The van der Waals surface area contributed by atoms with Crippen molar-refractivity contribution in [1.82, 2.24) is 15.3 Å². The van der Waals surface area contributed by atoms with Crippen molar-refractivity contribution < 1.29 is 9.53 Å². The lowest BCUT2D eigenvalue weighted by Gasteiger charge is -2.08. The van der Waals surface area contributed by atoms with Crippen molar-refractivity contribution in [1.29, 1.82) is 0 Å². The summed E-state index contributed by atoms with van der Waals surface area (Å²) in [7, 11) is 1.60. The van der Waals surface area contributed by atoms with Gasteiger partial charge in [-0.2, -0.15) is 0 Å². The minimum absolute atomic E-state index is 0.00612. The Bertz CT molecular complexity index is 415. The van der Waals surface area contributed by atoms with Gasteiger partial charge in [-0.15, -0.1) is 0 Å². The fourth-order valence-electron chi connectivity index (χ4n) is 1.40. The molecule has 7 heteroatoms. The number of carbonyl (C=O) groups is 1. The van der Waals surface area contributed by atoms with Crippen LogP contribution in [0, 0.1) is 0 Å². The summed E-state index contributed by atoms with van der Waals surface area (Å²) in [6, 6.07) is 1.79. The van der Waals surface area contributed by atoms with Crippen molar-refractivity contribution >= 4 is 27.7 Å². The maximum absolute atomic E-state index is 11.4. The molecule has 0 aliphatic carbocycles. The molecule has 0 aliphatic rings. The van der Waals surface area contributed by atoms with Crippen molar-refractivity contribution in [2.75, 3.05) is 32.1 Å². The predicted molar refractivity (Wildman–Crippen MR) is 77.1 cm³/mol. The van der Waals surface area contributed by atoms with Crippen molar-refractivity contribution in [3.63, 3.8) is 0 Å². The van der Waals surface area contributed by atoms with Crippen LogP contribution in [0.1, 0.15) is 19.2 Å². The lowest BCUT2D eigenvalue weighted by Crippen LogP contribution is -2.28. The molecule has 1 rings (SSSR count). The Morgan fingerprint density at radius 2 is 2.21 bits per heavy atom. The molecule has 1 aromatic heterocycles. The number of amides is 1. The van der Waals surface area contributed by atoms with E-state index in [4.69, 9.17) is 4.74 Å². The fraction of sp³-hybridized carbons (Fsp3) is 0.583. The molecule has 0 aromatic carbocycles. The smallest absolute Gasteiger partial charge is 0.221 e. The van der Waals surface area contributed by atoms with Gasteiger partial charge in [-0.1, -0.05) is 6.92 Å². The van der Waals surface area contributed by atoms with E-state index in [0.29, 0.717) is 26.1 Å². The first-order valence-corrected chi connectivity index (χ1v) is 6.98.